The van der Waals surface area contributed by atoms with Crippen molar-refractivity contribution in [2.75, 3.05) is 18.8 Å². The van der Waals surface area contributed by atoms with Gasteiger partial charge in [0.15, 0.2) is 0 Å². The number of hydrogen-bond donors (Lipinski definition) is 2. The van der Waals surface area contributed by atoms with E-state index in [0.29, 0.717) is 10.6 Å². The summed E-state index contributed by atoms with van der Waals surface area (Å²) in [6, 6.07) is 0.148. The van der Waals surface area contributed by atoms with Crippen molar-refractivity contribution in [3.05, 3.63) is 0 Å². The summed E-state index contributed by atoms with van der Waals surface area (Å²) in [7, 11) is 0. The Morgan fingerprint density at radius 2 is 2.29 bits per heavy atom. The fourth-order valence-corrected chi connectivity index (χ4v) is 3.13. The fourth-order valence-electron chi connectivity index (χ4n) is 1.99. The van der Waals surface area contributed by atoms with Gasteiger partial charge in [-0.2, -0.15) is 11.8 Å². The first-order valence-electron chi connectivity index (χ1n) is 5.18. The Labute approximate surface area is 90.9 Å². The van der Waals surface area contributed by atoms with Crippen LogP contribution in [0.2, 0.25) is 0 Å². The van der Waals surface area contributed by atoms with Gasteiger partial charge >= 0.3 is 0 Å². The minimum Gasteiger partial charge on any atom is -0.386 e. The zero-order valence-electron chi connectivity index (χ0n) is 9.34. The summed E-state index contributed by atoms with van der Waals surface area (Å²) in [5, 5.41) is 7.55. The maximum Gasteiger partial charge on any atom is 0.108 e. The van der Waals surface area contributed by atoms with Gasteiger partial charge in [-0.15, -0.1) is 0 Å². The minimum atomic E-state index is 0.148. The van der Waals surface area contributed by atoms with Crippen molar-refractivity contribution in [3.63, 3.8) is 0 Å². The van der Waals surface area contributed by atoms with Gasteiger partial charge in [0, 0.05) is 23.6 Å². The summed E-state index contributed by atoms with van der Waals surface area (Å²) in [6.07, 6.45) is 0.941. The van der Waals surface area contributed by atoms with Crippen LogP contribution in [-0.2, 0) is 0 Å². The quantitative estimate of drug-likeness (QED) is 0.554. The zero-order valence-corrected chi connectivity index (χ0v) is 10.2. The average molecular weight is 215 g/mol. The third-order valence-electron chi connectivity index (χ3n) is 2.64. The SMILES string of the molecule is CCC(C(=N)N)N1CCSC(C)(C)C1. The van der Waals surface area contributed by atoms with Gasteiger partial charge in [0.25, 0.3) is 0 Å². The molecule has 1 unspecified atom stereocenters. The molecule has 4 heteroatoms. The monoisotopic (exact) mass is 215 g/mol. The van der Waals surface area contributed by atoms with Gasteiger partial charge in [-0.05, 0) is 20.3 Å². The summed E-state index contributed by atoms with van der Waals surface area (Å²) in [5.74, 6) is 1.46. The van der Waals surface area contributed by atoms with E-state index in [1.807, 2.05) is 11.8 Å². The molecule has 14 heavy (non-hydrogen) atoms. The molecule has 0 radical (unpaired) electrons. The molecular formula is C10H21N3S. The predicted molar refractivity (Wildman–Crippen MR) is 64.1 cm³/mol. The molecular weight excluding hydrogens is 194 g/mol. The highest BCUT2D eigenvalue weighted by Crippen LogP contribution is 2.30. The number of thioether (sulfide) groups is 1. The lowest BCUT2D eigenvalue weighted by Gasteiger charge is -2.41. The molecule has 0 saturated carbocycles. The number of nitrogens with zero attached hydrogens (tertiary/aromatic N) is 1. The van der Waals surface area contributed by atoms with Crippen molar-refractivity contribution in [1.29, 1.82) is 5.41 Å². The molecule has 0 bridgehead atoms. The van der Waals surface area contributed by atoms with Crippen LogP contribution in [0, 0.1) is 5.41 Å². The second kappa shape index (κ2) is 4.53. The molecule has 0 aromatic rings. The van der Waals surface area contributed by atoms with Crippen molar-refractivity contribution < 1.29 is 0 Å². The molecule has 1 saturated heterocycles. The van der Waals surface area contributed by atoms with E-state index in [1.54, 1.807) is 0 Å². The lowest BCUT2D eigenvalue weighted by molar-refractivity contribution is 0.224. The lowest BCUT2D eigenvalue weighted by atomic mass is 10.1. The van der Waals surface area contributed by atoms with E-state index in [9.17, 15) is 0 Å². The molecule has 0 aromatic carbocycles. The van der Waals surface area contributed by atoms with Gasteiger partial charge in [0.1, 0.15) is 5.84 Å². The first-order chi connectivity index (χ1) is 6.46. The van der Waals surface area contributed by atoms with E-state index >= 15 is 0 Å². The number of hydrogen-bond acceptors (Lipinski definition) is 3. The van der Waals surface area contributed by atoms with Crippen molar-refractivity contribution in [3.8, 4) is 0 Å². The smallest absolute Gasteiger partial charge is 0.108 e. The first kappa shape index (κ1) is 11.9. The summed E-state index contributed by atoms with van der Waals surface area (Å²) < 4.78 is 0.307. The molecule has 3 N–H and O–H groups in total. The molecule has 1 fully saturated rings. The van der Waals surface area contributed by atoms with Gasteiger partial charge in [-0.1, -0.05) is 6.92 Å². The van der Waals surface area contributed by atoms with Gasteiger partial charge in [-0.3, -0.25) is 10.3 Å². The Morgan fingerprint density at radius 1 is 1.64 bits per heavy atom. The largest absolute Gasteiger partial charge is 0.386 e. The summed E-state index contributed by atoms with van der Waals surface area (Å²) in [6.45, 7) is 8.72. The average Bonchev–Trinajstić information content (AvgIpc) is 2.02. The van der Waals surface area contributed by atoms with E-state index < -0.39 is 0 Å². The van der Waals surface area contributed by atoms with Crippen LogP contribution in [0.4, 0.5) is 0 Å². The van der Waals surface area contributed by atoms with Crippen LogP contribution in [0.15, 0.2) is 0 Å². The molecule has 0 amide bonds. The Morgan fingerprint density at radius 3 is 2.71 bits per heavy atom. The molecule has 1 atom stereocenters. The third-order valence-corrected chi connectivity index (χ3v) is 3.94. The van der Waals surface area contributed by atoms with Crippen LogP contribution in [0.5, 0.6) is 0 Å². The fraction of sp³-hybridized carbons (Fsp3) is 0.900. The summed E-state index contributed by atoms with van der Waals surface area (Å²) in [5.41, 5.74) is 5.60. The second-order valence-corrected chi connectivity index (χ2v) is 6.26. The maximum atomic E-state index is 7.55. The Bertz CT molecular complexity index is 215. The molecule has 1 aliphatic rings. The molecule has 1 aliphatic heterocycles. The van der Waals surface area contributed by atoms with Crippen molar-refractivity contribution in [2.45, 2.75) is 38.0 Å². The van der Waals surface area contributed by atoms with Crippen molar-refractivity contribution in [2.24, 2.45) is 5.73 Å². The first-order valence-corrected chi connectivity index (χ1v) is 6.17. The molecule has 0 aliphatic carbocycles. The van der Waals surface area contributed by atoms with Crippen molar-refractivity contribution >= 4 is 17.6 Å². The Balaban J connectivity index is 2.62. The maximum absolute atomic E-state index is 7.55. The van der Waals surface area contributed by atoms with Gasteiger partial charge in [0.05, 0.1) is 6.04 Å². The van der Waals surface area contributed by atoms with E-state index in [4.69, 9.17) is 11.1 Å². The number of nitrogens with two attached hydrogens (primary N) is 1. The number of rotatable bonds is 3. The van der Waals surface area contributed by atoms with E-state index in [0.717, 1.165) is 25.3 Å². The van der Waals surface area contributed by atoms with Crippen LogP contribution in [0.25, 0.3) is 0 Å². The normalized spacial score (nSPS) is 24.5. The van der Waals surface area contributed by atoms with Crippen LogP contribution in [0.1, 0.15) is 27.2 Å². The highest BCUT2D eigenvalue weighted by Gasteiger charge is 2.31. The van der Waals surface area contributed by atoms with Crippen LogP contribution in [-0.4, -0.2) is 40.4 Å². The topological polar surface area (TPSA) is 53.1 Å². The highest BCUT2D eigenvalue weighted by molar-refractivity contribution is 8.00. The third kappa shape index (κ3) is 2.89. The minimum absolute atomic E-state index is 0.148. The van der Waals surface area contributed by atoms with E-state index in [-0.39, 0.29) is 6.04 Å². The molecule has 3 nitrogen and oxygen atoms in total. The summed E-state index contributed by atoms with van der Waals surface area (Å²) >= 11 is 2.01. The number of nitrogens with one attached hydrogen (secondary N) is 1. The van der Waals surface area contributed by atoms with Crippen molar-refractivity contribution in [1.82, 2.24) is 4.90 Å². The zero-order chi connectivity index (χ0) is 10.8. The van der Waals surface area contributed by atoms with Crippen LogP contribution < -0.4 is 5.73 Å². The van der Waals surface area contributed by atoms with Crippen LogP contribution in [0.3, 0.4) is 0 Å². The van der Waals surface area contributed by atoms with Gasteiger partial charge in [0.2, 0.25) is 0 Å². The molecule has 0 aromatic heterocycles. The standard InChI is InChI=1S/C10H21N3S/c1-4-8(9(11)12)13-5-6-14-10(2,3)7-13/h8H,4-7H2,1-3H3,(H3,11,12). The van der Waals surface area contributed by atoms with E-state index in [1.165, 1.54) is 0 Å². The Hall–Kier alpha value is -0.220. The van der Waals surface area contributed by atoms with E-state index in [2.05, 4.69) is 25.7 Å². The number of amidine groups is 1. The second-order valence-electron chi connectivity index (χ2n) is 4.46. The van der Waals surface area contributed by atoms with Gasteiger partial charge < -0.3 is 5.73 Å². The highest BCUT2D eigenvalue weighted by atomic mass is 32.2. The van der Waals surface area contributed by atoms with Gasteiger partial charge in [-0.25, -0.2) is 0 Å². The Kier molecular flexibility index (Phi) is 3.84. The molecule has 82 valence electrons. The summed E-state index contributed by atoms with van der Waals surface area (Å²) in [4.78, 5) is 2.35. The predicted octanol–water partition coefficient (Wildman–Crippen LogP) is 1.53. The molecule has 0 spiro atoms. The lowest BCUT2D eigenvalue weighted by Crippen LogP contribution is -2.52. The van der Waals surface area contributed by atoms with Crippen LogP contribution >= 0.6 is 11.8 Å². The molecule has 1 rings (SSSR count). The molecule has 1 heterocycles.